The van der Waals surface area contributed by atoms with Crippen molar-refractivity contribution in [2.24, 2.45) is 0 Å². The van der Waals surface area contributed by atoms with Crippen molar-refractivity contribution in [1.29, 1.82) is 0 Å². The Labute approximate surface area is 94.2 Å². The van der Waals surface area contributed by atoms with Crippen LogP contribution in [0.5, 0.6) is 0 Å². The van der Waals surface area contributed by atoms with Crippen LogP contribution in [0.15, 0.2) is 42.6 Å². The molecule has 0 spiro atoms. The van der Waals surface area contributed by atoms with Crippen LogP contribution in [0, 0.1) is 12.7 Å². The molecule has 1 aromatic heterocycles. The van der Waals surface area contributed by atoms with E-state index in [0.717, 1.165) is 16.9 Å². The fourth-order valence-corrected chi connectivity index (χ4v) is 1.50. The van der Waals surface area contributed by atoms with Gasteiger partial charge in [0.2, 0.25) is 0 Å². The van der Waals surface area contributed by atoms with Gasteiger partial charge in [-0.3, -0.25) is 0 Å². The number of hydrogen-bond acceptors (Lipinski definition) is 2. The standard InChI is InChI=1S/C13H13FN2/c1-10-4-3-7-15-13(10)16-9-11-5-2-6-12(14)8-11/h2-8H,9H2,1H3,(H,15,16). The summed E-state index contributed by atoms with van der Waals surface area (Å²) in [4.78, 5) is 4.21. The Bertz CT molecular complexity index is 483. The molecule has 82 valence electrons. The van der Waals surface area contributed by atoms with Gasteiger partial charge in [-0.15, -0.1) is 0 Å². The van der Waals surface area contributed by atoms with E-state index < -0.39 is 0 Å². The molecule has 0 aliphatic carbocycles. The van der Waals surface area contributed by atoms with E-state index in [1.54, 1.807) is 12.3 Å². The normalized spacial score (nSPS) is 10.1. The van der Waals surface area contributed by atoms with Gasteiger partial charge in [0, 0.05) is 12.7 Å². The molecular formula is C13H13FN2. The first-order chi connectivity index (χ1) is 7.75. The van der Waals surface area contributed by atoms with Crippen LogP contribution in [0.2, 0.25) is 0 Å². The molecule has 0 amide bonds. The predicted octanol–water partition coefficient (Wildman–Crippen LogP) is 3.14. The number of nitrogens with one attached hydrogen (secondary N) is 1. The van der Waals surface area contributed by atoms with Crippen LogP contribution >= 0.6 is 0 Å². The largest absolute Gasteiger partial charge is 0.366 e. The molecule has 0 aliphatic rings. The molecule has 3 heteroatoms. The summed E-state index contributed by atoms with van der Waals surface area (Å²) in [5.74, 6) is 0.629. The third kappa shape index (κ3) is 2.57. The zero-order chi connectivity index (χ0) is 11.4. The van der Waals surface area contributed by atoms with Crippen molar-refractivity contribution < 1.29 is 4.39 Å². The molecule has 0 saturated carbocycles. The molecule has 0 unspecified atom stereocenters. The first kappa shape index (κ1) is 10.6. The van der Waals surface area contributed by atoms with Crippen LogP contribution in [0.1, 0.15) is 11.1 Å². The molecule has 0 bridgehead atoms. The van der Waals surface area contributed by atoms with E-state index in [-0.39, 0.29) is 5.82 Å². The molecule has 0 atom stereocenters. The fraction of sp³-hybridized carbons (Fsp3) is 0.154. The number of anilines is 1. The lowest BCUT2D eigenvalue weighted by Crippen LogP contribution is -2.02. The van der Waals surface area contributed by atoms with E-state index >= 15 is 0 Å². The lowest BCUT2D eigenvalue weighted by atomic mass is 10.2. The molecule has 2 nitrogen and oxygen atoms in total. The van der Waals surface area contributed by atoms with Gasteiger partial charge >= 0.3 is 0 Å². The Balaban J connectivity index is 2.05. The van der Waals surface area contributed by atoms with E-state index in [4.69, 9.17) is 0 Å². The number of aromatic nitrogens is 1. The highest BCUT2D eigenvalue weighted by Gasteiger charge is 1.99. The van der Waals surface area contributed by atoms with Crippen LogP contribution in [-0.2, 0) is 6.54 Å². The smallest absolute Gasteiger partial charge is 0.129 e. The number of aryl methyl sites for hydroxylation is 1. The van der Waals surface area contributed by atoms with Crippen LogP contribution < -0.4 is 5.32 Å². The topological polar surface area (TPSA) is 24.9 Å². The van der Waals surface area contributed by atoms with E-state index in [9.17, 15) is 4.39 Å². The van der Waals surface area contributed by atoms with E-state index in [1.807, 2.05) is 25.1 Å². The second-order valence-electron chi connectivity index (χ2n) is 3.65. The molecular weight excluding hydrogens is 203 g/mol. The number of nitrogens with zero attached hydrogens (tertiary/aromatic N) is 1. The summed E-state index contributed by atoms with van der Waals surface area (Å²) in [7, 11) is 0. The van der Waals surface area contributed by atoms with E-state index in [2.05, 4.69) is 10.3 Å². The molecule has 1 N–H and O–H groups in total. The minimum Gasteiger partial charge on any atom is -0.366 e. The second kappa shape index (κ2) is 4.75. The van der Waals surface area contributed by atoms with Gasteiger partial charge in [-0.2, -0.15) is 0 Å². The molecule has 1 heterocycles. The highest BCUT2D eigenvalue weighted by Crippen LogP contribution is 2.11. The third-order valence-electron chi connectivity index (χ3n) is 2.36. The maximum Gasteiger partial charge on any atom is 0.129 e. The van der Waals surface area contributed by atoms with Crippen molar-refractivity contribution >= 4 is 5.82 Å². The zero-order valence-electron chi connectivity index (χ0n) is 9.07. The predicted molar refractivity (Wildman–Crippen MR) is 62.7 cm³/mol. The third-order valence-corrected chi connectivity index (χ3v) is 2.36. The van der Waals surface area contributed by atoms with Crippen LogP contribution in [0.25, 0.3) is 0 Å². The fourth-order valence-electron chi connectivity index (χ4n) is 1.50. The van der Waals surface area contributed by atoms with Crippen LogP contribution in [0.3, 0.4) is 0 Å². The van der Waals surface area contributed by atoms with Gasteiger partial charge < -0.3 is 5.32 Å². The summed E-state index contributed by atoms with van der Waals surface area (Å²) < 4.78 is 12.9. The van der Waals surface area contributed by atoms with Gasteiger partial charge in [-0.25, -0.2) is 9.37 Å². The molecule has 1 aromatic carbocycles. The summed E-state index contributed by atoms with van der Waals surface area (Å²) >= 11 is 0. The van der Waals surface area contributed by atoms with Gasteiger partial charge in [0.1, 0.15) is 11.6 Å². The second-order valence-corrected chi connectivity index (χ2v) is 3.65. The SMILES string of the molecule is Cc1cccnc1NCc1cccc(F)c1. The van der Waals surface area contributed by atoms with Crippen molar-refractivity contribution in [2.45, 2.75) is 13.5 Å². The molecule has 16 heavy (non-hydrogen) atoms. The van der Waals surface area contributed by atoms with Crippen LogP contribution in [-0.4, -0.2) is 4.98 Å². The Kier molecular flexibility index (Phi) is 3.15. The zero-order valence-corrected chi connectivity index (χ0v) is 9.07. The van der Waals surface area contributed by atoms with Gasteiger partial charge in [-0.05, 0) is 36.2 Å². The maximum atomic E-state index is 12.9. The molecule has 0 saturated heterocycles. The Morgan fingerprint density at radius 3 is 2.88 bits per heavy atom. The first-order valence-corrected chi connectivity index (χ1v) is 5.15. The summed E-state index contributed by atoms with van der Waals surface area (Å²) in [5, 5.41) is 3.18. The maximum absolute atomic E-state index is 12.9. The highest BCUT2D eigenvalue weighted by molar-refractivity contribution is 5.43. The first-order valence-electron chi connectivity index (χ1n) is 5.15. The molecule has 0 fully saturated rings. The molecule has 0 aliphatic heterocycles. The summed E-state index contributed by atoms with van der Waals surface area (Å²) in [6.45, 7) is 2.57. The lowest BCUT2D eigenvalue weighted by molar-refractivity contribution is 0.626. The highest BCUT2D eigenvalue weighted by atomic mass is 19.1. The van der Waals surface area contributed by atoms with Gasteiger partial charge in [0.15, 0.2) is 0 Å². The van der Waals surface area contributed by atoms with Crippen molar-refractivity contribution in [3.8, 4) is 0 Å². The van der Waals surface area contributed by atoms with E-state index in [0.29, 0.717) is 6.54 Å². The van der Waals surface area contributed by atoms with Crippen LogP contribution in [0.4, 0.5) is 10.2 Å². The van der Waals surface area contributed by atoms with Crippen molar-refractivity contribution in [1.82, 2.24) is 4.98 Å². The summed E-state index contributed by atoms with van der Waals surface area (Å²) in [6.07, 6.45) is 1.74. The lowest BCUT2D eigenvalue weighted by Gasteiger charge is -2.07. The van der Waals surface area contributed by atoms with Crippen molar-refractivity contribution in [3.63, 3.8) is 0 Å². The number of pyridine rings is 1. The van der Waals surface area contributed by atoms with Crippen molar-refractivity contribution in [2.75, 3.05) is 5.32 Å². The summed E-state index contributed by atoms with van der Waals surface area (Å²) in [6, 6.07) is 10.4. The van der Waals surface area contributed by atoms with Crippen molar-refractivity contribution in [3.05, 3.63) is 59.5 Å². The average Bonchev–Trinajstić information content (AvgIpc) is 2.28. The monoisotopic (exact) mass is 216 g/mol. The molecule has 2 aromatic rings. The van der Waals surface area contributed by atoms with E-state index in [1.165, 1.54) is 12.1 Å². The summed E-state index contributed by atoms with van der Waals surface area (Å²) in [5.41, 5.74) is 1.99. The number of benzene rings is 1. The Hall–Kier alpha value is -1.90. The quantitative estimate of drug-likeness (QED) is 0.852. The van der Waals surface area contributed by atoms with Gasteiger partial charge in [0.25, 0.3) is 0 Å². The molecule has 0 radical (unpaired) electrons. The minimum absolute atomic E-state index is 0.211. The number of rotatable bonds is 3. The minimum atomic E-state index is -0.211. The number of halogens is 1. The molecule has 2 rings (SSSR count). The Morgan fingerprint density at radius 1 is 1.25 bits per heavy atom. The number of hydrogen-bond donors (Lipinski definition) is 1. The Morgan fingerprint density at radius 2 is 2.12 bits per heavy atom. The van der Waals surface area contributed by atoms with Gasteiger partial charge in [0.05, 0.1) is 0 Å². The van der Waals surface area contributed by atoms with Gasteiger partial charge in [-0.1, -0.05) is 18.2 Å². The average molecular weight is 216 g/mol.